The van der Waals surface area contributed by atoms with E-state index in [2.05, 4.69) is 17.2 Å². The first kappa shape index (κ1) is 14.0. The van der Waals surface area contributed by atoms with Gasteiger partial charge in [0.1, 0.15) is 16.6 Å². The van der Waals surface area contributed by atoms with Crippen LogP contribution >= 0.6 is 11.3 Å². The van der Waals surface area contributed by atoms with Crippen LogP contribution in [0.4, 0.5) is 4.39 Å². The molecular weight excluding hydrogens is 263 g/mol. The highest BCUT2D eigenvalue weighted by molar-refractivity contribution is 7.09. The molecule has 19 heavy (non-hydrogen) atoms. The molecule has 0 fully saturated rings. The Morgan fingerprint density at radius 2 is 2.26 bits per heavy atom. The quantitative estimate of drug-likeness (QED) is 0.823. The van der Waals surface area contributed by atoms with Crippen LogP contribution in [0.3, 0.4) is 0 Å². The largest absolute Gasteiger partial charge is 0.496 e. The van der Waals surface area contributed by atoms with Crippen molar-refractivity contribution in [2.24, 2.45) is 0 Å². The van der Waals surface area contributed by atoms with E-state index in [4.69, 9.17) is 4.74 Å². The summed E-state index contributed by atoms with van der Waals surface area (Å²) in [5.41, 5.74) is 1.07. The Hall–Kier alpha value is -1.46. The number of nitrogens with zero attached hydrogens (tertiary/aromatic N) is 1. The molecule has 0 aliphatic rings. The number of ether oxygens (including phenoxy) is 1. The van der Waals surface area contributed by atoms with Gasteiger partial charge in [0.25, 0.3) is 0 Å². The van der Waals surface area contributed by atoms with Crippen LogP contribution in [0.25, 0.3) is 11.3 Å². The maximum atomic E-state index is 13.9. The highest BCUT2D eigenvalue weighted by atomic mass is 32.1. The predicted molar refractivity (Wildman–Crippen MR) is 76.1 cm³/mol. The van der Waals surface area contributed by atoms with Crippen molar-refractivity contribution in [2.45, 2.75) is 19.9 Å². The number of hydrogen-bond donors (Lipinski definition) is 1. The molecule has 0 aliphatic carbocycles. The monoisotopic (exact) mass is 280 g/mol. The fraction of sp³-hybridized carbons (Fsp3) is 0.357. The lowest BCUT2D eigenvalue weighted by Crippen LogP contribution is -2.13. The summed E-state index contributed by atoms with van der Waals surface area (Å²) in [6.07, 6.45) is 1.08. The van der Waals surface area contributed by atoms with Gasteiger partial charge in [-0.3, -0.25) is 0 Å². The van der Waals surface area contributed by atoms with Crippen molar-refractivity contribution in [3.63, 3.8) is 0 Å². The van der Waals surface area contributed by atoms with E-state index in [0.29, 0.717) is 17.0 Å². The summed E-state index contributed by atoms with van der Waals surface area (Å²) in [5, 5.41) is 6.10. The molecule has 1 N–H and O–H groups in total. The minimum absolute atomic E-state index is 0.308. The van der Waals surface area contributed by atoms with Gasteiger partial charge in [-0.2, -0.15) is 0 Å². The Kier molecular flexibility index (Phi) is 4.87. The van der Waals surface area contributed by atoms with E-state index in [0.717, 1.165) is 24.5 Å². The molecule has 0 spiro atoms. The molecule has 0 bridgehead atoms. The van der Waals surface area contributed by atoms with Gasteiger partial charge in [-0.15, -0.1) is 11.3 Å². The minimum Gasteiger partial charge on any atom is -0.496 e. The highest BCUT2D eigenvalue weighted by Gasteiger charge is 2.14. The van der Waals surface area contributed by atoms with Crippen LogP contribution in [-0.4, -0.2) is 18.6 Å². The number of nitrogens with one attached hydrogen (secondary N) is 1. The molecule has 0 atom stereocenters. The molecule has 102 valence electrons. The van der Waals surface area contributed by atoms with Gasteiger partial charge in [0.15, 0.2) is 0 Å². The molecule has 0 saturated carbocycles. The van der Waals surface area contributed by atoms with E-state index in [-0.39, 0.29) is 5.82 Å². The Morgan fingerprint density at radius 1 is 1.42 bits per heavy atom. The topological polar surface area (TPSA) is 34.2 Å². The van der Waals surface area contributed by atoms with Crippen molar-refractivity contribution in [2.75, 3.05) is 13.7 Å². The molecule has 2 aromatic rings. The Labute approximate surface area is 116 Å². The first-order valence-corrected chi connectivity index (χ1v) is 7.12. The number of benzene rings is 1. The lowest BCUT2D eigenvalue weighted by Gasteiger charge is -2.06. The second-order valence-corrected chi connectivity index (χ2v) is 5.06. The van der Waals surface area contributed by atoms with Crippen molar-refractivity contribution >= 4 is 11.3 Å². The number of rotatable bonds is 6. The van der Waals surface area contributed by atoms with Gasteiger partial charge < -0.3 is 10.1 Å². The SMILES string of the molecule is CCCNCc1nc(-c2c(F)cccc2OC)cs1. The predicted octanol–water partition coefficient (Wildman–Crippen LogP) is 3.46. The number of aromatic nitrogens is 1. The van der Waals surface area contributed by atoms with Gasteiger partial charge >= 0.3 is 0 Å². The standard InChI is InChI=1S/C14H17FN2OS/c1-3-7-16-8-13-17-11(9-19-13)14-10(15)5-4-6-12(14)18-2/h4-6,9,16H,3,7-8H2,1-2H3. The average Bonchev–Trinajstić information content (AvgIpc) is 2.87. The third kappa shape index (κ3) is 3.30. The molecule has 0 amide bonds. The highest BCUT2D eigenvalue weighted by Crippen LogP contribution is 2.32. The van der Waals surface area contributed by atoms with Crippen LogP contribution in [0, 0.1) is 5.82 Å². The van der Waals surface area contributed by atoms with E-state index >= 15 is 0 Å². The van der Waals surface area contributed by atoms with Crippen molar-refractivity contribution in [1.82, 2.24) is 10.3 Å². The van der Waals surface area contributed by atoms with Crippen LogP contribution in [0.2, 0.25) is 0 Å². The zero-order valence-corrected chi connectivity index (χ0v) is 11.9. The summed E-state index contributed by atoms with van der Waals surface area (Å²) in [4.78, 5) is 4.46. The summed E-state index contributed by atoms with van der Waals surface area (Å²) < 4.78 is 19.1. The van der Waals surface area contributed by atoms with E-state index in [1.165, 1.54) is 24.5 Å². The Morgan fingerprint density at radius 3 is 3.00 bits per heavy atom. The fourth-order valence-corrected chi connectivity index (χ4v) is 2.56. The molecule has 0 saturated heterocycles. The smallest absolute Gasteiger partial charge is 0.136 e. The number of hydrogen-bond acceptors (Lipinski definition) is 4. The summed E-state index contributed by atoms with van der Waals surface area (Å²) in [6, 6.07) is 4.80. The molecule has 1 aromatic carbocycles. The van der Waals surface area contributed by atoms with Crippen LogP contribution in [0.15, 0.2) is 23.6 Å². The first-order valence-electron chi connectivity index (χ1n) is 6.24. The van der Waals surface area contributed by atoms with Crippen LogP contribution in [-0.2, 0) is 6.54 Å². The number of thiazole rings is 1. The Bertz CT molecular complexity index is 542. The van der Waals surface area contributed by atoms with Gasteiger partial charge in [0, 0.05) is 11.9 Å². The third-order valence-electron chi connectivity index (χ3n) is 2.71. The van der Waals surface area contributed by atoms with E-state index in [1.54, 1.807) is 12.1 Å². The van der Waals surface area contributed by atoms with Crippen molar-refractivity contribution in [3.05, 3.63) is 34.4 Å². The summed E-state index contributed by atoms with van der Waals surface area (Å²) in [7, 11) is 1.54. The van der Waals surface area contributed by atoms with Crippen molar-refractivity contribution < 1.29 is 9.13 Å². The number of halogens is 1. The van der Waals surface area contributed by atoms with E-state index in [1.807, 2.05) is 5.38 Å². The molecule has 0 aliphatic heterocycles. The zero-order valence-electron chi connectivity index (χ0n) is 11.1. The molecule has 1 aromatic heterocycles. The van der Waals surface area contributed by atoms with Gasteiger partial charge in [-0.1, -0.05) is 13.0 Å². The summed E-state index contributed by atoms with van der Waals surface area (Å²) >= 11 is 1.53. The van der Waals surface area contributed by atoms with Crippen LogP contribution in [0.1, 0.15) is 18.4 Å². The second-order valence-electron chi connectivity index (χ2n) is 4.12. The normalized spacial score (nSPS) is 10.7. The molecule has 0 unspecified atom stereocenters. The van der Waals surface area contributed by atoms with Crippen molar-refractivity contribution in [3.8, 4) is 17.0 Å². The molecule has 1 heterocycles. The molecule has 2 rings (SSSR count). The van der Waals surface area contributed by atoms with Gasteiger partial charge in [-0.05, 0) is 25.1 Å². The zero-order chi connectivity index (χ0) is 13.7. The van der Waals surface area contributed by atoms with Crippen LogP contribution in [0.5, 0.6) is 5.75 Å². The first-order chi connectivity index (χ1) is 9.26. The minimum atomic E-state index is -0.308. The molecule has 5 heteroatoms. The maximum absolute atomic E-state index is 13.9. The van der Waals surface area contributed by atoms with Crippen LogP contribution < -0.4 is 10.1 Å². The van der Waals surface area contributed by atoms with E-state index in [9.17, 15) is 4.39 Å². The maximum Gasteiger partial charge on any atom is 0.136 e. The van der Waals surface area contributed by atoms with E-state index < -0.39 is 0 Å². The molecule has 0 radical (unpaired) electrons. The lowest BCUT2D eigenvalue weighted by atomic mass is 10.1. The average molecular weight is 280 g/mol. The van der Waals surface area contributed by atoms with Crippen molar-refractivity contribution in [1.29, 1.82) is 0 Å². The van der Waals surface area contributed by atoms with Gasteiger partial charge in [0.05, 0.1) is 18.4 Å². The van der Waals surface area contributed by atoms with Gasteiger partial charge in [-0.25, -0.2) is 9.37 Å². The second kappa shape index (κ2) is 6.63. The molecular formula is C14H17FN2OS. The Balaban J connectivity index is 2.23. The number of methoxy groups -OCH3 is 1. The summed E-state index contributed by atoms with van der Waals surface area (Å²) in [5.74, 6) is 0.205. The van der Waals surface area contributed by atoms with Gasteiger partial charge in [0.2, 0.25) is 0 Å². The third-order valence-corrected chi connectivity index (χ3v) is 3.55. The summed E-state index contributed by atoms with van der Waals surface area (Å²) in [6.45, 7) is 3.79. The fourth-order valence-electron chi connectivity index (χ4n) is 1.80. The lowest BCUT2D eigenvalue weighted by molar-refractivity contribution is 0.413. The molecule has 3 nitrogen and oxygen atoms in total.